The van der Waals surface area contributed by atoms with Crippen LogP contribution in [0.15, 0.2) is 75.7 Å². The topological polar surface area (TPSA) is 120 Å². The van der Waals surface area contributed by atoms with Crippen molar-refractivity contribution in [3.05, 3.63) is 97.9 Å². The summed E-state index contributed by atoms with van der Waals surface area (Å²) in [5.41, 5.74) is -9.83. The van der Waals surface area contributed by atoms with Gasteiger partial charge in [-0.1, -0.05) is 68.3 Å². The molecule has 240 valence electrons. The summed E-state index contributed by atoms with van der Waals surface area (Å²) >= 11 is 6.67. The third kappa shape index (κ3) is 3.19. The number of nitrogens with one attached hydrogen (secondary N) is 1. The molecule has 2 saturated heterocycles. The van der Waals surface area contributed by atoms with Gasteiger partial charge in [0.2, 0.25) is 5.54 Å². The van der Waals surface area contributed by atoms with Crippen LogP contribution in [0.3, 0.4) is 0 Å². The minimum atomic E-state index is -5.76. The van der Waals surface area contributed by atoms with Crippen LogP contribution in [0.5, 0.6) is 5.75 Å². The Bertz CT molecular complexity index is 1820. The van der Waals surface area contributed by atoms with E-state index in [2.05, 4.69) is 37.2 Å². The quantitative estimate of drug-likeness (QED) is 0.261. The second-order valence-electron chi connectivity index (χ2n) is 11.4. The van der Waals surface area contributed by atoms with Gasteiger partial charge in [-0.15, -0.1) is 0 Å². The molecule has 0 radical (unpaired) electrons. The minimum Gasteiger partial charge on any atom is -0.464 e. The molecule has 3 aliphatic heterocycles. The largest absolute Gasteiger partial charge is 0.464 e. The van der Waals surface area contributed by atoms with Crippen molar-refractivity contribution in [2.75, 3.05) is 13.2 Å². The summed E-state index contributed by atoms with van der Waals surface area (Å²) in [4.78, 5) is 44.3. The van der Waals surface area contributed by atoms with Gasteiger partial charge in [-0.25, -0.2) is 9.59 Å². The van der Waals surface area contributed by atoms with E-state index in [1.165, 1.54) is 74.5 Å². The lowest BCUT2D eigenvalue weighted by Crippen LogP contribution is -2.78. The van der Waals surface area contributed by atoms with Crippen LogP contribution in [0.4, 0.5) is 13.2 Å². The van der Waals surface area contributed by atoms with Gasteiger partial charge in [0.1, 0.15) is 16.6 Å². The van der Waals surface area contributed by atoms with Crippen molar-refractivity contribution in [2.45, 2.75) is 48.6 Å². The van der Waals surface area contributed by atoms with Gasteiger partial charge in [0.15, 0.2) is 5.78 Å². The van der Waals surface area contributed by atoms with Gasteiger partial charge in [0, 0.05) is 25.6 Å². The Kier molecular flexibility index (Phi) is 6.71. The fraction of sp³-hybridized carbons (Fsp3) is 0.344. The first kappa shape index (κ1) is 31.3. The summed E-state index contributed by atoms with van der Waals surface area (Å²) in [6, 6.07) is 13.8. The van der Waals surface area contributed by atoms with E-state index in [1.54, 1.807) is 6.07 Å². The molecule has 3 heterocycles. The number of alkyl halides is 3. The maximum atomic E-state index is 16.0. The molecule has 0 unspecified atom stereocenters. The third-order valence-electron chi connectivity index (χ3n) is 9.51. The van der Waals surface area contributed by atoms with Crippen molar-refractivity contribution >= 4 is 49.6 Å². The molecule has 14 heteroatoms. The summed E-state index contributed by atoms with van der Waals surface area (Å²) < 4.78 is 72.0. The highest BCUT2D eigenvalue weighted by Gasteiger charge is 3.03. The highest BCUT2D eigenvalue weighted by atomic mass is 79.9. The third-order valence-corrected chi connectivity index (χ3v) is 10.5. The molecule has 3 aromatic carbocycles. The molecule has 1 aliphatic carbocycles. The Hall–Kier alpha value is -3.30. The van der Waals surface area contributed by atoms with Crippen LogP contribution in [0, 0.1) is 5.41 Å². The first-order chi connectivity index (χ1) is 21.7. The summed E-state index contributed by atoms with van der Waals surface area (Å²) in [7, 11) is 0. The number of hydrogen-bond acceptors (Lipinski definition) is 9. The van der Waals surface area contributed by atoms with Gasteiger partial charge in [-0.3, -0.25) is 14.8 Å². The van der Waals surface area contributed by atoms with Crippen molar-refractivity contribution in [3.63, 3.8) is 0 Å². The molecule has 0 saturated carbocycles. The van der Waals surface area contributed by atoms with Gasteiger partial charge >= 0.3 is 18.1 Å². The van der Waals surface area contributed by atoms with Gasteiger partial charge < -0.3 is 19.3 Å². The summed E-state index contributed by atoms with van der Waals surface area (Å²) in [5, 5.41) is 15.4. The Balaban J connectivity index is 1.79. The van der Waals surface area contributed by atoms with Crippen molar-refractivity contribution in [2.24, 2.45) is 5.41 Å². The smallest absolute Gasteiger partial charge is 0.444 e. The van der Waals surface area contributed by atoms with Gasteiger partial charge in [-0.2, -0.15) is 13.2 Å². The molecule has 2 fully saturated rings. The average molecular weight is 767 g/mol. The summed E-state index contributed by atoms with van der Waals surface area (Å²) in [5.74, 6) is -11.2. The zero-order chi connectivity index (χ0) is 33.1. The highest BCUT2D eigenvalue weighted by molar-refractivity contribution is 9.10. The number of aliphatic hydroxyl groups is 1. The van der Waals surface area contributed by atoms with E-state index in [0.29, 0.717) is 8.95 Å². The van der Waals surface area contributed by atoms with E-state index in [0.717, 1.165) is 0 Å². The highest BCUT2D eigenvalue weighted by Crippen LogP contribution is 2.83. The first-order valence-corrected chi connectivity index (χ1v) is 15.8. The minimum absolute atomic E-state index is 0.0134. The van der Waals surface area contributed by atoms with E-state index in [1.807, 2.05) is 0 Å². The second kappa shape index (κ2) is 9.86. The Morgan fingerprint density at radius 3 is 2.17 bits per heavy atom. The van der Waals surface area contributed by atoms with E-state index in [9.17, 15) is 14.7 Å². The number of ether oxygens (including phenoxy) is 4. The van der Waals surface area contributed by atoms with Crippen molar-refractivity contribution < 1.29 is 51.6 Å². The fourth-order valence-electron chi connectivity index (χ4n) is 8.22. The predicted molar refractivity (Wildman–Crippen MR) is 159 cm³/mol. The number of carbonyl (C=O) groups excluding carboxylic acids is 3. The average Bonchev–Trinajstić information content (AvgIpc) is 3.52. The molecular formula is C32H24Br2F3NO8. The molecule has 2 N–H and O–H groups in total. The van der Waals surface area contributed by atoms with E-state index in [-0.39, 0.29) is 35.7 Å². The molecule has 1 spiro atoms. The van der Waals surface area contributed by atoms with Crippen LogP contribution in [0.2, 0.25) is 0 Å². The van der Waals surface area contributed by atoms with Gasteiger partial charge in [-0.05, 0) is 49.7 Å². The molecule has 9 nitrogen and oxygen atoms in total. The molecule has 46 heavy (non-hydrogen) atoms. The van der Waals surface area contributed by atoms with Crippen LogP contribution in [-0.4, -0.2) is 53.5 Å². The second-order valence-corrected chi connectivity index (χ2v) is 13.2. The van der Waals surface area contributed by atoms with Crippen LogP contribution >= 0.6 is 31.9 Å². The number of ketones is 1. The number of fused-ring (bicyclic) bond motifs is 3. The number of rotatable bonds is 5. The molecular weight excluding hydrogens is 743 g/mol. The SMILES string of the molecule is CCOC(=O)C1(C(=O)OCC)N[C@H]2c3cc(Br)ccc3O[C@@]34O[C@](O)(C(F)(F)F)[C@]1(c1ccc(Br)cc1)[C@@]23C(=O)c1ccccc14. The van der Waals surface area contributed by atoms with Gasteiger partial charge in [0.05, 0.1) is 19.3 Å². The zero-order valence-electron chi connectivity index (χ0n) is 24.0. The van der Waals surface area contributed by atoms with E-state index in [4.69, 9.17) is 18.9 Å². The van der Waals surface area contributed by atoms with Crippen molar-refractivity contribution in [1.82, 2.24) is 5.32 Å². The Morgan fingerprint density at radius 1 is 0.957 bits per heavy atom. The fourth-order valence-corrected chi connectivity index (χ4v) is 8.87. The first-order valence-electron chi connectivity index (χ1n) is 14.2. The Labute approximate surface area is 276 Å². The number of Topliss-reactive ketones (excluding diaryl/α,β-unsaturated/α-hetero) is 1. The lowest BCUT2D eigenvalue weighted by molar-refractivity contribution is -0.410. The van der Waals surface area contributed by atoms with Crippen molar-refractivity contribution in [1.29, 1.82) is 0 Å². The van der Waals surface area contributed by atoms with Crippen LogP contribution < -0.4 is 10.1 Å². The molecule has 3 aromatic rings. The van der Waals surface area contributed by atoms with Crippen molar-refractivity contribution in [3.8, 4) is 5.75 Å². The van der Waals surface area contributed by atoms with Crippen LogP contribution in [0.25, 0.3) is 0 Å². The Morgan fingerprint density at radius 2 is 1.57 bits per heavy atom. The van der Waals surface area contributed by atoms with Crippen LogP contribution in [-0.2, 0) is 35.0 Å². The van der Waals surface area contributed by atoms with Crippen LogP contribution in [0.1, 0.15) is 46.9 Å². The monoisotopic (exact) mass is 765 g/mol. The predicted octanol–water partition coefficient (Wildman–Crippen LogP) is 5.37. The molecule has 0 amide bonds. The number of carbonyl (C=O) groups is 3. The lowest BCUT2D eigenvalue weighted by atomic mass is 9.46. The molecule has 7 rings (SSSR count). The normalized spacial score (nSPS) is 31.3. The number of halogens is 5. The number of esters is 2. The van der Waals surface area contributed by atoms with E-state index >= 15 is 18.0 Å². The molecule has 5 atom stereocenters. The number of hydrogen-bond donors (Lipinski definition) is 2. The zero-order valence-corrected chi connectivity index (χ0v) is 27.2. The molecule has 0 aromatic heterocycles. The molecule has 4 aliphatic rings. The number of benzene rings is 3. The molecule has 0 bridgehead atoms. The van der Waals surface area contributed by atoms with Gasteiger partial charge in [0.25, 0.3) is 11.6 Å². The summed E-state index contributed by atoms with van der Waals surface area (Å²) in [6.07, 6.45) is -5.76. The van der Waals surface area contributed by atoms with E-state index < -0.39 is 63.4 Å². The lowest BCUT2D eigenvalue weighted by Gasteiger charge is -2.51. The summed E-state index contributed by atoms with van der Waals surface area (Å²) in [6.45, 7) is 2.06. The standard InChI is InChI=1S/C32H24Br2F3NO8/c1-3-43-25(40)28(26(41)44-4-2)29(16-9-11-17(33)12-10-16)27-23(38-28)20-15-18(34)13-14-22(20)45-30(27,46-31(29,42)32(35,36)37)21-8-6-5-7-19(21)24(27)39/h5-15,23,38,42H,3-4H2,1-2H3/t23-,27-,29+,30-,31-/m0/s1. The maximum absolute atomic E-state index is 16.0. The maximum Gasteiger partial charge on any atom is 0.444 e.